The summed E-state index contributed by atoms with van der Waals surface area (Å²) in [7, 11) is 0. The lowest BCUT2D eigenvalue weighted by Gasteiger charge is -2.24. The van der Waals surface area contributed by atoms with Crippen molar-refractivity contribution in [3.05, 3.63) is 148 Å². The molecule has 7 rings (SSSR count). The minimum Gasteiger partial charge on any atom is -0.481 e. The average molecular weight is 887 g/mol. The van der Waals surface area contributed by atoms with E-state index in [4.69, 9.17) is 5.11 Å². The van der Waals surface area contributed by atoms with Crippen molar-refractivity contribution >= 4 is 58.4 Å². The molecular weight excluding hydrogens is 833 g/mol. The molecule has 2 aliphatic rings. The summed E-state index contributed by atoms with van der Waals surface area (Å²) in [4.78, 5) is 90.8. The predicted molar refractivity (Wildman–Crippen MR) is 246 cm³/mol. The van der Waals surface area contributed by atoms with Gasteiger partial charge in [-0.05, 0) is 72.0 Å². The van der Waals surface area contributed by atoms with Gasteiger partial charge in [0.05, 0.1) is 6.54 Å². The Morgan fingerprint density at radius 1 is 0.703 bits per heavy atom. The number of hydrogen-bond acceptors (Lipinski definition) is 8. The van der Waals surface area contributed by atoms with E-state index in [9.17, 15) is 33.6 Å². The smallest absolute Gasteiger partial charge is 0.303 e. The lowest BCUT2D eigenvalue weighted by atomic mass is 10.0. The molecule has 64 heavy (non-hydrogen) atoms. The van der Waals surface area contributed by atoms with Crippen LogP contribution in [0, 0.1) is 6.92 Å². The average Bonchev–Trinajstić information content (AvgIpc) is 3.82. The number of carboxylic acid groups (broad SMARTS) is 1. The summed E-state index contributed by atoms with van der Waals surface area (Å²) in [5.74, 6) is -4.40. The first-order valence-electron chi connectivity index (χ1n) is 21.2. The van der Waals surface area contributed by atoms with Gasteiger partial charge < -0.3 is 37.0 Å². The SMILES string of the molecule is Cc1ccc(-c2ccccc2)cc1.O=C(O)CCCNC(=O)[C@@H]1Cc2ccc(cc2)NC(=O)CCC(=O)N[C@H](Cc2cccs2)C(=O)NCC(=O)N[C@H](CCc2ccccc2)C(=O)N1. The monoisotopic (exact) mass is 886 g/mol. The van der Waals surface area contributed by atoms with Gasteiger partial charge in [-0.15, -0.1) is 11.3 Å². The molecule has 3 heterocycles. The van der Waals surface area contributed by atoms with Crippen LogP contribution in [0.15, 0.2) is 127 Å². The number of amides is 6. The van der Waals surface area contributed by atoms with E-state index in [-0.39, 0.29) is 51.5 Å². The van der Waals surface area contributed by atoms with Crippen LogP contribution in [0.25, 0.3) is 11.1 Å². The molecule has 0 aliphatic carbocycles. The number of anilines is 1. The quantitative estimate of drug-likeness (QED) is 0.0698. The Morgan fingerprint density at radius 3 is 2.03 bits per heavy atom. The zero-order valence-electron chi connectivity index (χ0n) is 35.6. The van der Waals surface area contributed by atoms with Gasteiger partial charge in [0.2, 0.25) is 35.4 Å². The molecule has 0 saturated heterocycles. The number of aliphatic carboxylic acids is 1. The van der Waals surface area contributed by atoms with Crippen LogP contribution in [0.5, 0.6) is 0 Å². The molecule has 5 aromatic rings. The molecule has 7 N–H and O–H groups in total. The minimum atomic E-state index is -1.09. The minimum absolute atomic E-state index is 0.0476. The van der Waals surface area contributed by atoms with Crippen LogP contribution in [0.2, 0.25) is 0 Å². The van der Waals surface area contributed by atoms with Gasteiger partial charge in [-0.3, -0.25) is 33.6 Å². The summed E-state index contributed by atoms with van der Waals surface area (Å²) in [6, 6.07) is 35.4. The third-order valence-electron chi connectivity index (χ3n) is 10.2. The van der Waals surface area contributed by atoms with Crippen LogP contribution < -0.4 is 31.9 Å². The second-order valence-electron chi connectivity index (χ2n) is 15.3. The largest absolute Gasteiger partial charge is 0.481 e. The van der Waals surface area contributed by atoms with Gasteiger partial charge in [-0.25, -0.2) is 0 Å². The highest BCUT2D eigenvalue weighted by Crippen LogP contribution is 2.19. The van der Waals surface area contributed by atoms with E-state index in [0.29, 0.717) is 17.7 Å². The number of fused-ring (bicyclic) bond motifs is 18. The third kappa shape index (κ3) is 16.6. The number of carbonyl (C=O) groups excluding carboxylic acids is 6. The van der Waals surface area contributed by atoms with Crippen molar-refractivity contribution in [3.63, 3.8) is 0 Å². The molecule has 1 aromatic heterocycles. The predicted octanol–water partition coefficient (Wildman–Crippen LogP) is 5.11. The number of nitrogens with one attached hydrogen (secondary N) is 6. The lowest BCUT2D eigenvalue weighted by Crippen LogP contribution is -2.56. The van der Waals surface area contributed by atoms with Crippen molar-refractivity contribution in [2.24, 2.45) is 0 Å². The van der Waals surface area contributed by atoms with Crippen molar-refractivity contribution in [1.82, 2.24) is 26.6 Å². The van der Waals surface area contributed by atoms with E-state index in [2.05, 4.69) is 87.4 Å². The topological polar surface area (TPSA) is 212 Å². The molecule has 0 saturated carbocycles. The van der Waals surface area contributed by atoms with E-state index < -0.39 is 66.1 Å². The zero-order valence-corrected chi connectivity index (χ0v) is 36.5. The fourth-order valence-electron chi connectivity index (χ4n) is 6.71. The van der Waals surface area contributed by atoms with Gasteiger partial charge in [0.25, 0.3) is 0 Å². The van der Waals surface area contributed by atoms with Gasteiger partial charge in [-0.1, -0.05) is 109 Å². The molecule has 3 atom stereocenters. The maximum absolute atomic E-state index is 13.8. The highest BCUT2D eigenvalue weighted by Gasteiger charge is 2.28. The number of thiophene rings is 1. The van der Waals surface area contributed by atoms with E-state index in [1.807, 2.05) is 53.9 Å². The van der Waals surface area contributed by atoms with Crippen molar-refractivity contribution < 1.29 is 38.7 Å². The summed E-state index contributed by atoms with van der Waals surface area (Å²) >= 11 is 1.40. The number of hydrogen-bond donors (Lipinski definition) is 7. The van der Waals surface area contributed by atoms with E-state index in [1.165, 1.54) is 28.0 Å². The van der Waals surface area contributed by atoms with E-state index in [1.54, 1.807) is 24.3 Å². The molecule has 4 aromatic carbocycles. The maximum atomic E-state index is 13.8. The third-order valence-corrected chi connectivity index (χ3v) is 11.1. The Balaban J connectivity index is 0.000000502. The van der Waals surface area contributed by atoms with Gasteiger partial charge in [0, 0.05) is 49.2 Å². The first kappa shape index (κ1) is 47.9. The number of carboxylic acids is 1. The number of benzene rings is 4. The fourth-order valence-corrected chi connectivity index (χ4v) is 7.46. The summed E-state index contributed by atoms with van der Waals surface area (Å²) in [6.07, 6.45) is 0.514. The molecule has 2 aliphatic heterocycles. The standard InChI is InChI=1S/C36H42N6O8S.C13H12/c43-30-16-17-31(44)41-29(21-26-8-5-19-51-26)35(49)38-22-32(45)40-27(15-12-23-6-2-1-3-7-23)36(50)42-28(34(48)37-18-4-9-33(46)47)20-24-10-13-25(39-30)14-11-24;1-11-7-9-13(10-8-11)12-5-3-2-4-6-12/h1-3,5-8,10-11,13-14,19,27-29H,4,9,12,15-18,20-22H2,(H,37,48)(H,38,49)(H,39,43)(H,40,45)(H,41,44)(H,42,50)(H,46,47);2-10H,1H3/t27-,28+,29-;/m1./s1. The van der Waals surface area contributed by atoms with Crippen molar-refractivity contribution in [1.29, 1.82) is 0 Å². The highest BCUT2D eigenvalue weighted by atomic mass is 32.1. The highest BCUT2D eigenvalue weighted by molar-refractivity contribution is 7.09. The molecule has 0 spiro atoms. The Morgan fingerprint density at radius 2 is 1.36 bits per heavy atom. The summed E-state index contributed by atoms with van der Waals surface area (Å²) < 4.78 is 0. The van der Waals surface area contributed by atoms with Crippen LogP contribution in [-0.2, 0) is 52.8 Å². The van der Waals surface area contributed by atoms with Crippen LogP contribution in [0.4, 0.5) is 5.69 Å². The number of aryl methyl sites for hydroxylation is 2. The Bertz CT molecular complexity index is 2310. The normalized spacial score (nSPS) is 17.5. The molecule has 0 fully saturated rings. The Labute approximate surface area is 376 Å². The summed E-state index contributed by atoms with van der Waals surface area (Å²) in [6.45, 7) is 1.68. The van der Waals surface area contributed by atoms with Gasteiger partial charge in [0.1, 0.15) is 18.1 Å². The van der Waals surface area contributed by atoms with Crippen LogP contribution in [-0.4, -0.2) is 77.7 Å². The maximum Gasteiger partial charge on any atom is 0.303 e. The second kappa shape index (κ2) is 25.1. The fraction of sp³-hybridized carbons (Fsp3) is 0.286. The van der Waals surface area contributed by atoms with Crippen LogP contribution in [0.1, 0.15) is 53.7 Å². The molecule has 14 nitrogen and oxygen atoms in total. The first-order valence-corrected chi connectivity index (χ1v) is 22.0. The van der Waals surface area contributed by atoms with Gasteiger partial charge in [-0.2, -0.15) is 0 Å². The molecule has 6 amide bonds. The van der Waals surface area contributed by atoms with Gasteiger partial charge >= 0.3 is 5.97 Å². The molecule has 15 heteroatoms. The molecule has 0 radical (unpaired) electrons. The van der Waals surface area contributed by atoms with Crippen molar-refractivity contribution in [2.75, 3.05) is 18.4 Å². The van der Waals surface area contributed by atoms with Crippen LogP contribution in [0.3, 0.4) is 0 Å². The van der Waals surface area contributed by atoms with E-state index >= 15 is 0 Å². The van der Waals surface area contributed by atoms with Crippen molar-refractivity contribution in [3.8, 4) is 11.1 Å². The lowest BCUT2D eigenvalue weighted by molar-refractivity contribution is -0.137. The second-order valence-corrected chi connectivity index (χ2v) is 16.3. The summed E-state index contributed by atoms with van der Waals surface area (Å²) in [5, 5.41) is 26.9. The van der Waals surface area contributed by atoms with E-state index in [0.717, 1.165) is 10.4 Å². The summed E-state index contributed by atoms with van der Waals surface area (Å²) in [5.41, 5.74) is 5.89. The molecule has 2 bridgehead atoms. The van der Waals surface area contributed by atoms with Crippen molar-refractivity contribution in [2.45, 2.75) is 76.4 Å². The number of rotatable bonds is 11. The molecular formula is C49H54N6O8S. The van der Waals surface area contributed by atoms with Crippen LogP contribution >= 0.6 is 11.3 Å². The zero-order chi connectivity index (χ0) is 45.7. The Kier molecular flexibility index (Phi) is 18.8. The first-order chi connectivity index (χ1) is 30.9. The Hall–Kier alpha value is -7.13. The number of carbonyl (C=O) groups is 7. The van der Waals surface area contributed by atoms with Gasteiger partial charge in [0.15, 0.2) is 0 Å². The molecule has 334 valence electrons. The molecule has 0 unspecified atom stereocenters.